The molecule has 1 fully saturated rings. The highest BCUT2D eigenvalue weighted by Gasteiger charge is 2.52. The van der Waals surface area contributed by atoms with Crippen molar-refractivity contribution in [1.29, 1.82) is 0 Å². The molecule has 1 aliphatic heterocycles. The maximum Gasteiger partial charge on any atom is 0.0921 e. The average Bonchev–Trinajstić information content (AvgIpc) is 2.87. The number of rotatable bonds is 0. The van der Waals surface area contributed by atoms with E-state index in [1.165, 1.54) is 0 Å². The van der Waals surface area contributed by atoms with Gasteiger partial charge in [0.15, 0.2) is 0 Å². The van der Waals surface area contributed by atoms with Gasteiger partial charge in [-0.05, 0) is 44.1 Å². The Morgan fingerprint density at radius 2 is 1.89 bits per heavy atom. The van der Waals surface area contributed by atoms with Crippen molar-refractivity contribution in [3.8, 4) is 0 Å². The van der Waals surface area contributed by atoms with E-state index in [1.807, 2.05) is 13.0 Å². The van der Waals surface area contributed by atoms with Gasteiger partial charge >= 0.3 is 0 Å². The minimum atomic E-state index is -0.500. The monoisotopic (exact) mass is 254 g/mol. The predicted octanol–water partition coefficient (Wildman–Crippen LogP) is 2.41. The molecule has 0 unspecified atom stereocenters. The molecule has 0 saturated carbocycles. The molecule has 0 aromatic heterocycles. The van der Waals surface area contributed by atoms with Crippen molar-refractivity contribution in [2.24, 2.45) is 5.41 Å². The lowest BCUT2D eigenvalue weighted by molar-refractivity contribution is 0.0768. The molecule has 1 saturated heterocycles. The van der Waals surface area contributed by atoms with Crippen LogP contribution in [-0.2, 0) is 4.74 Å². The fourth-order valence-electron chi connectivity index (χ4n) is 2.83. The molecule has 3 nitrogen and oxygen atoms in total. The summed E-state index contributed by atoms with van der Waals surface area (Å²) in [6.45, 7) is 8.19. The summed E-state index contributed by atoms with van der Waals surface area (Å²) in [5.74, 6) is 0. The lowest BCUT2D eigenvalue weighted by atomic mass is 9.80. The Bertz CT molecular complexity index is 348. The minimum absolute atomic E-state index is 0.0490. The van der Waals surface area contributed by atoms with E-state index in [9.17, 15) is 10.2 Å². The summed E-state index contributed by atoms with van der Waals surface area (Å²) >= 11 is 0. The number of ether oxygens (including phenoxy) is 1. The van der Waals surface area contributed by atoms with E-state index in [1.54, 1.807) is 0 Å². The number of fused-ring (bicyclic) bond motifs is 1. The Morgan fingerprint density at radius 3 is 2.56 bits per heavy atom. The van der Waals surface area contributed by atoms with Gasteiger partial charge in [-0.15, -0.1) is 0 Å². The van der Waals surface area contributed by atoms with E-state index >= 15 is 0 Å². The molecule has 2 N–H and O–H groups in total. The van der Waals surface area contributed by atoms with Gasteiger partial charge in [-0.2, -0.15) is 0 Å². The molecule has 0 radical (unpaired) electrons. The molecule has 1 heterocycles. The zero-order valence-corrected chi connectivity index (χ0v) is 11.9. The summed E-state index contributed by atoms with van der Waals surface area (Å²) in [7, 11) is 0. The number of hydrogen-bond acceptors (Lipinski definition) is 3. The molecule has 18 heavy (non-hydrogen) atoms. The highest BCUT2D eigenvalue weighted by molar-refractivity contribution is 5.13. The summed E-state index contributed by atoms with van der Waals surface area (Å²) < 4.78 is 5.74. The van der Waals surface area contributed by atoms with E-state index in [0.717, 1.165) is 24.8 Å². The summed E-state index contributed by atoms with van der Waals surface area (Å²) in [6, 6.07) is 0. The Hall–Kier alpha value is -0.380. The van der Waals surface area contributed by atoms with Crippen molar-refractivity contribution in [3.05, 3.63) is 11.6 Å². The van der Waals surface area contributed by atoms with Gasteiger partial charge in [-0.1, -0.05) is 19.9 Å². The van der Waals surface area contributed by atoms with Crippen molar-refractivity contribution in [2.75, 3.05) is 0 Å². The summed E-state index contributed by atoms with van der Waals surface area (Å²) in [6.07, 6.45) is 4.69. The zero-order chi connectivity index (χ0) is 13.6. The highest BCUT2D eigenvalue weighted by Crippen LogP contribution is 2.45. The standard InChI is InChI=1S/C15H26O3/c1-10-8-12(17)14(2,3)6-5-7-15(4)13(18-15)9-11(10)16/h8,11-13,16-17H,5-7,9H2,1-4H3/b10-8-/t11-,12+,13-,15+/m1/s1. The van der Waals surface area contributed by atoms with Gasteiger partial charge in [0.25, 0.3) is 0 Å². The van der Waals surface area contributed by atoms with Gasteiger partial charge in [0.2, 0.25) is 0 Å². The average molecular weight is 254 g/mol. The third-order valence-corrected chi connectivity index (χ3v) is 4.71. The summed E-state index contributed by atoms with van der Waals surface area (Å²) in [4.78, 5) is 0. The zero-order valence-electron chi connectivity index (χ0n) is 11.9. The Balaban J connectivity index is 2.17. The first-order valence-corrected chi connectivity index (χ1v) is 6.97. The third-order valence-electron chi connectivity index (χ3n) is 4.71. The predicted molar refractivity (Wildman–Crippen MR) is 71.3 cm³/mol. The first-order chi connectivity index (χ1) is 8.24. The van der Waals surface area contributed by atoms with Gasteiger partial charge in [0, 0.05) is 6.42 Å². The van der Waals surface area contributed by atoms with Gasteiger partial charge in [-0.25, -0.2) is 0 Å². The second kappa shape index (κ2) is 4.62. The number of epoxide rings is 1. The van der Waals surface area contributed by atoms with Crippen LogP contribution in [0.4, 0.5) is 0 Å². The normalized spacial score (nSPS) is 47.4. The van der Waals surface area contributed by atoms with Crippen molar-refractivity contribution in [3.63, 3.8) is 0 Å². The molecule has 0 amide bonds. The molecule has 104 valence electrons. The molecule has 0 bridgehead atoms. The fraction of sp³-hybridized carbons (Fsp3) is 0.867. The van der Waals surface area contributed by atoms with E-state index in [4.69, 9.17) is 4.74 Å². The van der Waals surface area contributed by atoms with Crippen LogP contribution in [0.3, 0.4) is 0 Å². The van der Waals surface area contributed by atoms with Gasteiger partial charge in [0.1, 0.15) is 0 Å². The van der Waals surface area contributed by atoms with Crippen LogP contribution >= 0.6 is 0 Å². The minimum Gasteiger partial charge on any atom is -0.389 e. The van der Waals surface area contributed by atoms with Gasteiger partial charge < -0.3 is 14.9 Å². The Morgan fingerprint density at radius 1 is 1.22 bits per heavy atom. The number of aliphatic hydroxyl groups excluding tert-OH is 2. The molecule has 0 aromatic carbocycles. The van der Waals surface area contributed by atoms with Crippen LogP contribution in [-0.4, -0.2) is 34.1 Å². The summed E-state index contributed by atoms with van der Waals surface area (Å²) in [5, 5.41) is 20.4. The molecule has 1 aliphatic carbocycles. The van der Waals surface area contributed by atoms with Crippen molar-refractivity contribution in [1.82, 2.24) is 0 Å². The van der Waals surface area contributed by atoms with Crippen LogP contribution < -0.4 is 0 Å². The van der Waals surface area contributed by atoms with Crippen LogP contribution in [0.5, 0.6) is 0 Å². The number of hydrogen-bond donors (Lipinski definition) is 2. The molecular weight excluding hydrogens is 228 g/mol. The van der Waals surface area contributed by atoms with Crippen LogP contribution in [0, 0.1) is 5.41 Å². The quantitative estimate of drug-likeness (QED) is 0.515. The molecule has 3 heteroatoms. The van der Waals surface area contributed by atoms with E-state index in [0.29, 0.717) is 6.42 Å². The van der Waals surface area contributed by atoms with Gasteiger partial charge in [-0.3, -0.25) is 0 Å². The Labute approximate surface area is 110 Å². The van der Waals surface area contributed by atoms with Crippen molar-refractivity contribution >= 4 is 0 Å². The first-order valence-electron chi connectivity index (χ1n) is 6.97. The molecule has 4 atom stereocenters. The second-order valence-electron chi connectivity index (χ2n) is 6.87. The van der Waals surface area contributed by atoms with Crippen molar-refractivity contribution in [2.45, 2.75) is 77.3 Å². The van der Waals surface area contributed by atoms with E-state index < -0.39 is 12.2 Å². The SMILES string of the molecule is C/C1=C/[C@H](O)C(C)(C)CCC[C@]2(C)O[C@@H]2C[C@H]1O. The molecule has 0 spiro atoms. The number of aliphatic hydroxyl groups is 2. The van der Waals surface area contributed by atoms with Crippen LogP contribution in [0.25, 0.3) is 0 Å². The van der Waals surface area contributed by atoms with Gasteiger partial charge in [0.05, 0.1) is 23.9 Å². The maximum atomic E-state index is 10.3. The fourth-order valence-corrected chi connectivity index (χ4v) is 2.83. The van der Waals surface area contributed by atoms with E-state index in [-0.39, 0.29) is 17.1 Å². The highest BCUT2D eigenvalue weighted by atomic mass is 16.6. The van der Waals surface area contributed by atoms with Crippen molar-refractivity contribution < 1.29 is 14.9 Å². The van der Waals surface area contributed by atoms with Crippen LogP contribution in [0.1, 0.15) is 53.4 Å². The molecule has 2 aliphatic rings. The molecule has 0 aromatic rings. The lowest BCUT2D eigenvalue weighted by Gasteiger charge is -2.29. The van der Waals surface area contributed by atoms with Crippen LogP contribution in [0.2, 0.25) is 0 Å². The largest absolute Gasteiger partial charge is 0.389 e. The second-order valence-corrected chi connectivity index (χ2v) is 6.87. The summed E-state index contributed by atoms with van der Waals surface area (Å²) in [5.41, 5.74) is 0.661. The molecular formula is C15H26O3. The van der Waals surface area contributed by atoms with Crippen LogP contribution in [0.15, 0.2) is 11.6 Å². The lowest BCUT2D eigenvalue weighted by Crippen LogP contribution is -2.28. The third kappa shape index (κ3) is 2.79. The topological polar surface area (TPSA) is 53.0 Å². The Kier molecular flexibility index (Phi) is 3.60. The molecule has 2 rings (SSSR count). The smallest absolute Gasteiger partial charge is 0.0921 e. The first kappa shape index (κ1) is 14.0. The van der Waals surface area contributed by atoms with E-state index in [2.05, 4.69) is 20.8 Å². The maximum absolute atomic E-state index is 10.3.